The fourth-order valence-electron chi connectivity index (χ4n) is 3.00. The highest BCUT2D eigenvalue weighted by atomic mass is 16.5. The van der Waals surface area contributed by atoms with Crippen LogP contribution in [-0.2, 0) is 6.54 Å². The fraction of sp³-hybridized carbons (Fsp3) is 0.238. The maximum absolute atomic E-state index is 5.61. The Hall–Kier alpha value is -3.48. The largest absolute Gasteiger partial charge is 0.493 e. The van der Waals surface area contributed by atoms with Crippen molar-refractivity contribution < 1.29 is 9.47 Å². The molecular weight excluding hydrogens is 354 g/mol. The van der Waals surface area contributed by atoms with Crippen LogP contribution < -0.4 is 9.47 Å². The molecule has 7 heteroatoms. The van der Waals surface area contributed by atoms with Crippen molar-refractivity contribution in [2.24, 2.45) is 9.98 Å². The van der Waals surface area contributed by atoms with Crippen molar-refractivity contribution in [2.45, 2.75) is 20.4 Å². The van der Waals surface area contributed by atoms with Gasteiger partial charge in [0.05, 0.1) is 20.3 Å². The molecule has 3 aromatic rings. The molecule has 0 fully saturated rings. The highest BCUT2D eigenvalue weighted by Gasteiger charge is 2.26. The van der Waals surface area contributed by atoms with Gasteiger partial charge in [0.25, 0.3) is 5.95 Å². The summed E-state index contributed by atoms with van der Waals surface area (Å²) < 4.78 is 12.7. The van der Waals surface area contributed by atoms with Crippen LogP contribution in [-0.4, -0.2) is 40.0 Å². The normalized spacial score (nSPS) is 14.1. The topological polar surface area (TPSA) is 73.9 Å². The molecule has 1 aromatic heterocycles. The number of aromatic nitrogens is 3. The van der Waals surface area contributed by atoms with E-state index in [1.807, 2.05) is 25.1 Å². The van der Waals surface area contributed by atoms with Gasteiger partial charge in [0.15, 0.2) is 17.3 Å². The predicted octanol–water partition coefficient (Wildman–Crippen LogP) is 3.58. The lowest BCUT2D eigenvalue weighted by Gasteiger charge is -2.11. The van der Waals surface area contributed by atoms with Gasteiger partial charge in [0.1, 0.15) is 12.0 Å². The van der Waals surface area contributed by atoms with Crippen LogP contribution in [0.4, 0.5) is 5.95 Å². The minimum absolute atomic E-state index is 0.519. The molecule has 142 valence electrons. The summed E-state index contributed by atoms with van der Waals surface area (Å²) >= 11 is 0. The molecule has 0 unspecified atom stereocenters. The number of methoxy groups -OCH3 is 1. The molecule has 1 aliphatic heterocycles. The molecule has 0 atom stereocenters. The monoisotopic (exact) mass is 375 g/mol. The Kier molecular flexibility index (Phi) is 4.89. The Balaban J connectivity index is 1.70. The van der Waals surface area contributed by atoms with Gasteiger partial charge < -0.3 is 9.47 Å². The van der Waals surface area contributed by atoms with Gasteiger partial charge in [-0.1, -0.05) is 29.8 Å². The Morgan fingerprint density at radius 1 is 1.07 bits per heavy atom. The summed E-state index contributed by atoms with van der Waals surface area (Å²) in [6, 6.07) is 14.0. The average molecular weight is 375 g/mol. The second-order valence-corrected chi connectivity index (χ2v) is 6.36. The lowest BCUT2D eigenvalue weighted by Crippen LogP contribution is -2.20. The Morgan fingerprint density at radius 2 is 1.89 bits per heavy atom. The lowest BCUT2D eigenvalue weighted by molar-refractivity contribution is 0.311. The molecule has 2 aromatic carbocycles. The molecule has 0 bridgehead atoms. The summed E-state index contributed by atoms with van der Waals surface area (Å²) in [5.74, 6) is 2.53. The molecule has 0 aliphatic carbocycles. The van der Waals surface area contributed by atoms with E-state index in [9.17, 15) is 0 Å². The number of nitrogens with zero attached hydrogens (tertiary/aromatic N) is 5. The zero-order valence-corrected chi connectivity index (χ0v) is 16.1. The van der Waals surface area contributed by atoms with Crippen LogP contribution >= 0.6 is 0 Å². The lowest BCUT2D eigenvalue weighted by atomic mass is 10.1. The maximum Gasteiger partial charge on any atom is 0.254 e. The van der Waals surface area contributed by atoms with Crippen molar-refractivity contribution in [3.8, 4) is 11.5 Å². The predicted molar refractivity (Wildman–Crippen MR) is 108 cm³/mol. The van der Waals surface area contributed by atoms with Gasteiger partial charge in [-0.15, -0.1) is 0 Å². The van der Waals surface area contributed by atoms with Gasteiger partial charge in [0.2, 0.25) is 0 Å². The number of hydrogen-bond donors (Lipinski definition) is 0. The quantitative estimate of drug-likeness (QED) is 0.660. The third kappa shape index (κ3) is 3.38. The number of aliphatic imine (C=N–C) groups is 2. The van der Waals surface area contributed by atoms with Crippen molar-refractivity contribution >= 4 is 17.5 Å². The van der Waals surface area contributed by atoms with Gasteiger partial charge in [0, 0.05) is 5.56 Å². The van der Waals surface area contributed by atoms with Gasteiger partial charge >= 0.3 is 0 Å². The fourth-order valence-corrected chi connectivity index (χ4v) is 3.00. The van der Waals surface area contributed by atoms with E-state index in [1.54, 1.807) is 11.8 Å². The molecule has 0 spiro atoms. The summed E-state index contributed by atoms with van der Waals surface area (Å²) in [5.41, 5.74) is 3.93. The SMILES string of the molecule is CCOc1ccc(C2=Nc3ncnn3C2=NCc2ccc(C)cc2)cc1OC. The maximum atomic E-state index is 5.61. The second-order valence-electron chi connectivity index (χ2n) is 6.36. The van der Waals surface area contributed by atoms with E-state index >= 15 is 0 Å². The minimum Gasteiger partial charge on any atom is -0.493 e. The number of ether oxygens (including phenoxy) is 2. The highest BCUT2D eigenvalue weighted by molar-refractivity contribution is 6.50. The van der Waals surface area contributed by atoms with Gasteiger partial charge in [-0.25, -0.2) is 4.99 Å². The van der Waals surface area contributed by atoms with Gasteiger partial charge in [-0.05, 0) is 37.6 Å². The van der Waals surface area contributed by atoms with Crippen molar-refractivity contribution in [1.29, 1.82) is 0 Å². The van der Waals surface area contributed by atoms with E-state index in [2.05, 4.69) is 46.3 Å². The first kappa shape index (κ1) is 17.9. The summed E-state index contributed by atoms with van der Waals surface area (Å²) in [6.45, 7) is 5.11. The molecule has 28 heavy (non-hydrogen) atoms. The zero-order valence-electron chi connectivity index (χ0n) is 16.1. The Labute approximate surface area is 163 Å². The molecule has 7 nitrogen and oxygen atoms in total. The first-order valence-electron chi connectivity index (χ1n) is 9.10. The van der Waals surface area contributed by atoms with Crippen molar-refractivity contribution in [1.82, 2.24) is 14.8 Å². The Morgan fingerprint density at radius 3 is 2.64 bits per heavy atom. The standard InChI is InChI=1S/C21H21N5O2/c1-4-28-17-10-9-16(11-18(17)27-3)19-20(26-21(25-19)23-13-24-26)22-12-15-7-5-14(2)6-8-15/h5-11,13H,4,12H2,1-3H3. The first-order chi connectivity index (χ1) is 13.7. The van der Waals surface area contributed by atoms with E-state index in [-0.39, 0.29) is 0 Å². The van der Waals surface area contributed by atoms with Gasteiger partial charge in [-0.3, -0.25) is 4.99 Å². The number of aryl methyl sites for hydroxylation is 1. The van der Waals surface area contributed by atoms with Crippen molar-refractivity contribution in [2.75, 3.05) is 13.7 Å². The van der Waals surface area contributed by atoms with E-state index < -0.39 is 0 Å². The number of hydrogen-bond acceptors (Lipinski definition) is 6. The van der Waals surface area contributed by atoms with Gasteiger partial charge in [-0.2, -0.15) is 14.8 Å². The number of rotatable bonds is 6. The molecular formula is C21H21N5O2. The third-order valence-electron chi connectivity index (χ3n) is 4.42. The van der Waals surface area contributed by atoms with E-state index in [0.29, 0.717) is 42.1 Å². The van der Waals surface area contributed by atoms with Crippen LogP contribution in [0.2, 0.25) is 0 Å². The highest BCUT2D eigenvalue weighted by Crippen LogP contribution is 2.30. The molecule has 2 heterocycles. The summed E-state index contributed by atoms with van der Waals surface area (Å²) in [4.78, 5) is 13.6. The van der Waals surface area contributed by atoms with Crippen LogP contribution in [0.15, 0.2) is 58.8 Å². The van der Waals surface area contributed by atoms with Crippen molar-refractivity contribution in [3.05, 3.63) is 65.5 Å². The van der Waals surface area contributed by atoms with E-state index in [4.69, 9.17) is 14.5 Å². The molecule has 4 rings (SSSR count). The first-order valence-corrected chi connectivity index (χ1v) is 9.10. The van der Waals surface area contributed by atoms with E-state index in [1.165, 1.54) is 11.9 Å². The van der Waals surface area contributed by atoms with E-state index in [0.717, 1.165) is 11.1 Å². The summed E-state index contributed by atoms with van der Waals surface area (Å²) in [6.07, 6.45) is 1.48. The third-order valence-corrected chi connectivity index (χ3v) is 4.42. The molecule has 0 saturated heterocycles. The zero-order chi connectivity index (χ0) is 19.5. The molecule has 1 aliphatic rings. The minimum atomic E-state index is 0.519. The van der Waals surface area contributed by atoms with Crippen LogP contribution in [0, 0.1) is 6.92 Å². The van der Waals surface area contributed by atoms with Crippen LogP contribution in [0.5, 0.6) is 11.5 Å². The summed E-state index contributed by atoms with van der Waals surface area (Å²) in [5, 5.41) is 4.27. The molecule has 0 amide bonds. The smallest absolute Gasteiger partial charge is 0.254 e. The molecule has 0 N–H and O–H groups in total. The van der Waals surface area contributed by atoms with Crippen LogP contribution in [0.1, 0.15) is 23.6 Å². The molecule has 0 saturated carbocycles. The van der Waals surface area contributed by atoms with Crippen LogP contribution in [0.3, 0.4) is 0 Å². The number of fused-ring (bicyclic) bond motifs is 1. The van der Waals surface area contributed by atoms with Crippen LogP contribution in [0.25, 0.3) is 0 Å². The average Bonchev–Trinajstić information content (AvgIpc) is 3.30. The summed E-state index contributed by atoms with van der Waals surface area (Å²) in [7, 11) is 1.62. The molecule has 0 radical (unpaired) electrons. The number of benzene rings is 2. The Bertz CT molecular complexity index is 1050. The van der Waals surface area contributed by atoms with Crippen molar-refractivity contribution in [3.63, 3.8) is 0 Å². The second kappa shape index (κ2) is 7.64.